The van der Waals surface area contributed by atoms with Gasteiger partial charge < -0.3 is 4.90 Å². The molecule has 6 heteroatoms. The normalized spacial score (nSPS) is 16.5. The average molecular weight is 372 g/mol. The Bertz CT molecular complexity index is 983. The zero-order valence-corrected chi connectivity index (χ0v) is 16.6. The first-order valence-electron chi connectivity index (χ1n) is 8.62. The van der Waals surface area contributed by atoms with Gasteiger partial charge in [0.05, 0.1) is 10.6 Å². The van der Waals surface area contributed by atoms with Crippen LogP contribution in [0.1, 0.15) is 30.5 Å². The lowest BCUT2D eigenvalue weighted by Crippen LogP contribution is -2.33. The van der Waals surface area contributed by atoms with E-state index in [-0.39, 0.29) is 16.8 Å². The van der Waals surface area contributed by atoms with Crippen LogP contribution in [0.5, 0.6) is 0 Å². The van der Waals surface area contributed by atoms with Gasteiger partial charge in [0.2, 0.25) is 5.91 Å². The summed E-state index contributed by atoms with van der Waals surface area (Å²) < 4.78 is 27.6. The van der Waals surface area contributed by atoms with E-state index in [2.05, 4.69) is 0 Å². The summed E-state index contributed by atoms with van der Waals surface area (Å²) in [6, 6.07) is 10.8. The Morgan fingerprint density at radius 2 is 1.85 bits per heavy atom. The molecule has 1 heterocycles. The summed E-state index contributed by atoms with van der Waals surface area (Å²) in [6.45, 7) is 7.34. The van der Waals surface area contributed by atoms with Gasteiger partial charge in [-0.25, -0.2) is 8.42 Å². The fourth-order valence-corrected chi connectivity index (χ4v) is 4.90. The second kappa shape index (κ2) is 6.43. The molecule has 138 valence electrons. The Hall–Kier alpha value is -2.34. The smallest absolute Gasteiger partial charge is 0.264 e. The second-order valence-electron chi connectivity index (χ2n) is 7.00. The van der Waals surface area contributed by atoms with E-state index in [1.54, 1.807) is 30.1 Å². The maximum absolute atomic E-state index is 13.1. The molecule has 1 amide bonds. The van der Waals surface area contributed by atoms with Crippen LogP contribution in [0.3, 0.4) is 0 Å². The largest absolute Gasteiger partial charge is 0.309 e. The van der Waals surface area contributed by atoms with Crippen molar-refractivity contribution in [2.45, 2.75) is 45.1 Å². The number of amides is 1. The van der Waals surface area contributed by atoms with Gasteiger partial charge >= 0.3 is 0 Å². The predicted octanol–water partition coefficient (Wildman–Crippen LogP) is 3.43. The standard InChI is InChI=1S/C20H24N2O3S/c1-13-6-7-14(2)20(10-13)21(5)26(24,25)18-8-9-19-17(12-18)11-15(3)22(19)16(4)23/h6-10,12,15H,11H2,1-5H3. The van der Waals surface area contributed by atoms with Crippen LogP contribution in [-0.2, 0) is 21.2 Å². The highest BCUT2D eigenvalue weighted by Crippen LogP contribution is 2.35. The van der Waals surface area contributed by atoms with Crippen LogP contribution in [0.4, 0.5) is 11.4 Å². The number of rotatable bonds is 3. The Morgan fingerprint density at radius 1 is 1.15 bits per heavy atom. The van der Waals surface area contributed by atoms with Gasteiger partial charge in [0.25, 0.3) is 10.0 Å². The van der Waals surface area contributed by atoms with Crippen LogP contribution >= 0.6 is 0 Å². The average Bonchev–Trinajstić information content (AvgIpc) is 2.91. The fourth-order valence-electron chi connectivity index (χ4n) is 3.59. The lowest BCUT2D eigenvalue weighted by molar-refractivity contribution is -0.116. The minimum absolute atomic E-state index is 0.0284. The third kappa shape index (κ3) is 2.98. The Balaban J connectivity index is 2.03. The Kier molecular flexibility index (Phi) is 4.56. The van der Waals surface area contributed by atoms with Crippen LogP contribution in [0.25, 0.3) is 0 Å². The van der Waals surface area contributed by atoms with E-state index in [0.29, 0.717) is 12.1 Å². The molecule has 0 spiro atoms. The van der Waals surface area contributed by atoms with Crippen molar-refractivity contribution in [3.8, 4) is 0 Å². The van der Waals surface area contributed by atoms with Crippen molar-refractivity contribution in [3.05, 3.63) is 53.1 Å². The monoisotopic (exact) mass is 372 g/mol. The molecule has 1 unspecified atom stereocenters. The van der Waals surface area contributed by atoms with Gasteiger partial charge in [-0.1, -0.05) is 12.1 Å². The molecule has 1 aliphatic rings. The number of anilines is 2. The molecule has 5 nitrogen and oxygen atoms in total. The maximum Gasteiger partial charge on any atom is 0.264 e. The van der Waals surface area contributed by atoms with Crippen molar-refractivity contribution in [1.82, 2.24) is 0 Å². The van der Waals surface area contributed by atoms with E-state index in [0.717, 1.165) is 22.4 Å². The first kappa shape index (κ1) is 18.5. The number of sulfonamides is 1. The van der Waals surface area contributed by atoms with Crippen molar-refractivity contribution in [2.75, 3.05) is 16.3 Å². The highest BCUT2D eigenvalue weighted by atomic mass is 32.2. The van der Waals surface area contributed by atoms with E-state index in [1.807, 2.05) is 39.0 Å². The quantitative estimate of drug-likeness (QED) is 0.829. The number of carbonyl (C=O) groups is 1. The first-order chi connectivity index (χ1) is 12.1. The summed E-state index contributed by atoms with van der Waals surface area (Å²) in [5, 5.41) is 0. The zero-order chi connectivity index (χ0) is 19.2. The van der Waals surface area contributed by atoms with E-state index < -0.39 is 10.0 Å². The number of benzene rings is 2. The van der Waals surface area contributed by atoms with Gasteiger partial charge in [-0.05, 0) is 68.1 Å². The molecule has 3 rings (SSSR count). The third-order valence-corrected chi connectivity index (χ3v) is 6.74. The summed E-state index contributed by atoms with van der Waals surface area (Å²) in [6.07, 6.45) is 0.658. The molecule has 0 bridgehead atoms. The summed E-state index contributed by atoms with van der Waals surface area (Å²) in [4.78, 5) is 13.8. The van der Waals surface area contributed by atoms with Gasteiger partial charge in [-0.15, -0.1) is 0 Å². The van der Waals surface area contributed by atoms with Crippen LogP contribution in [0.15, 0.2) is 41.3 Å². The van der Waals surface area contributed by atoms with Crippen molar-refractivity contribution >= 4 is 27.3 Å². The number of fused-ring (bicyclic) bond motifs is 1. The number of hydrogen-bond donors (Lipinski definition) is 0. The molecule has 0 N–H and O–H groups in total. The molecule has 2 aromatic rings. The molecule has 1 atom stereocenters. The summed E-state index contributed by atoms with van der Waals surface area (Å²) in [7, 11) is -2.10. The molecule has 0 saturated carbocycles. The lowest BCUT2D eigenvalue weighted by atomic mass is 10.1. The van der Waals surface area contributed by atoms with Crippen LogP contribution in [0, 0.1) is 13.8 Å². The zero-order valence-electron chi connectivity index (χ0n) is 15.8. The van der Waals surface area contributed by atoms with E-state index in [4.69, 9.17) is 0 Å². The highest BCUT2D eigenvalue weighted by molar-refractivity contribution is 7.92. The van der Waals surface area contributed by atoms with Gasteiger partial charge in [-0.3, -0.25) is 9.10 Å². The molecular formula is C20H24N2O3S. The molecule has 0 radical (unpaired) electrons. The van der Waals surface area contributed by atoms with Crippen LogP contribution < -0.4 is 9.21 Å². The van der Waals surface area contributed by atoms with Crippen molar-refractivity contribution in [2.24, 2.45) is 0 Å². The van der Waals surface area contributed by atoms with Gasteiger partial charge in [-0.2, -0.15) is 0 Å². The maximum atomic E-state index is 13.1. The number of nitrogens with zero attached hydrogens (tertiary/aromatic N) is 2. The molecule has 0 fully saturated rings. The van der Waals surface area contributed by atoms with Crippen molar-refractivity contribution in [1.29, 1.82) is 0 Å². The van der Waals surface area contributed by atoms with Gasteiger partial charge in [0.15, 0.2) is 0 Å². The fraction of sp³-hybridized carbons (Fsp3) is 0.350. The molecule has 2 aromatic carbocycles. The molecule has 26 heavy (non-hydrogen) atoms. The first-order valence-corrected chi connectivity index (χ1v) is 10.1. The third-order valence-electron chi connectivity index (χ3n) is 4.97. The predicted molar refractivity (Wildman–Crippen MR) is 104 cm³/mol. The minimum Gasteiger partial charge on any atom is -0.309 e. The van der Waals surface area contributed by atoms with E-state index >= 15 is 0 Å². The van der Waals surface area contributed by atoms with Crippen molar-refractivity contribution < 1.29 is 13.2 Å². The van der Waals surface area contributed by atoms with E-state index in [1.165, 1.54) is 11.2 Å². The lowest BCUT2D eigenvalue weighted by Gasteiger charge is -2.23. The van der Waals surface area contributed by atoms with Gasteiger partial charge in [0, 0.05) is 25.7 Å². The summed E-state index contributed by atoms with van der Waals surface area (Å²) in [5.41, 5.74) is 4.28. The number of hydrogen-bond acceptors (Lipinski definition) is 3. The van der Waals surface area contributed by atoms with E-state index in [9.17, 15) is 13.2 Å². The van der Waals surface area contributed by atoms with Crippen LogP contribution in [0.2, 0.25) is 0 Å². The molecule has 0 aliphatic carbocycles. The van der Waals surface area contributed by atoms with Crippen molar-refractivity contribution in [3.63, 3.8) is 0 Å². The van der Waals surface area contributed by atoms with Crippen LogP contribution in [-0.4, -0.2) is 27.4 Å². The van der Waals surface area contributed by atoms with Gasteiger partial charge in [0.1, 0.15) is 0 Å². The molecule has 0 aromatic heterocycles. The summed E-state index contributed by atoms with van der Waals surface area (Å²) in [5.74, 6) is -0.0284. The SMILES string of the molecule is CC(=O)N1c2ccc(S(=O)(=O)N(C)c3cc(C)ccc3C)cc2CC1C. The Morgan fingerprint density at radius 3 is 2.50 bits per heavy atom. The summed E-state index contributed by atoms with van der Waals surface area (Å²) >= 11 is 0. The minimum atomic E-state index is -3.68. The topological polar surface area (TPSA) is 57.7 Å². The molecule has 0 saturated heterocycles. The number of aryl methyl sites for hydroxylation is 2. The number of carbonyl (C=O) groups excluding carboxylic acids is 1. The highest BCUT2D eigenvalue weighted by Gasteiger charge is 2.31. The molecular weight excluding hydrogens is 348 g/mol. The second-order valence-corrected chi connectivity index (χ2v) is 8.96. The Labute approximate surface area is 155 Å². The molecule has 1 aliphatic heterocycles.